The van der Waals surface area contributed by atoms with Gasteiger partial charge in [0.15, 0.2) is 0 Å². The van der Waals surface area contributed by atoms with Crippen molar-refractivity contribution in [2.45, 2.75) is 18.1 Å². The molecule has 10 heteroatoms. The molecule has 0 saturated carbocycles. The molecule has 0 bridgehead atoms. The molecule has 0 unspecified atom stereocenters. The van der Waals surface area contributed by atoms with Crippen molar-refractivity contribution in [1.29, 1.82) is 0 Å². The Morgan fingerprint density at radius 1 is 1.19 bits per heavy atom. The van der Waals surface area contributed by atoms with E-state index in [-0.39, 0.29) is 30.9 Å². The van der Waals surface area contributed by atoms with Crippen molar-refractivity contribution in [2.24, 2.45) is 0 Å². The highest BCUT2D eigenvalue weighted by Crippen LogP contribution is 2.22. The van der Waals surface area contributed by atoms with Crippen molar-refractivity contribution in [3.05, 3.63) is 0 Å². The standard InChI is InChI=1S/C11H22N2O6S2/c1-12(2)5-6-13(9-11(14)15)21(18,19)10-3-7-20(16,17)8-4-10/h10H,3-9H2,1-2H3,(H,14,15). The third-order valence-electron chi connectivity index (χ3n) is 3.39. The van der Waals surface area contributed by atoms with Crippen molar-refractivity contribution >= 4 is 25.8 Å². The lowest BCUT2D eigenvalue weighted by atomic mass is 10.2. The molecule has 21 heavy (non-hydrogen) atoms. The lowest BCUT2D eigenvalue weighted by molar-refractivity contribution is -0.137. The molecule has 1 fully saturated rings. The van der Waals surface area contributed by atoms with Crippen LogP contribution < -0.4 is 0 Å². The normalized spacial score (nSPS) is 20.0. The van der Waals surface area contributed by atoms with E-state index < -0.39 is 37.6 Å². The predicted molar refractivity (Wildman–Crippen MR) is 78.4 cm³/mol. The first-order valence-corrected chi connectivity index (χ1v) is 9.93. The molecule has 0 aromatic heterocycles. The van der Waals surface area contributed by atoms with Gasteiger partial charge in [-0.25, -0.2) is 16.8 Å². The minimum atomic E-state index is -3.80. The molecular formula is C11H22N2O6S2. The van der Waals surface area contributed by atoms with E-state index in [4.69, 9.17) is 5.11 Å². The van der Waals surface area contributed by atoms with E-state index in [9.17, 15) is 21.6 Å². The number of carbonyl (C=O) groups is 1. The van der Waals surface area contributed by atoms with Crippen LogP contribution in [0.5, 0.6) is 0 Å². The van der Waals surface area contributed by atoms with Crippen LogP contribution in [0.3, 0.4) is 0 Å². The molecule has 1 aliphatic rings. The van der Waals surface area contributed by atoms with Crippen LogP contribution in [0.2, 0.25) is 0 Å². The lowest BCUT2D eigenvalue weighted by Gasteiger charge is -2.29. The number of hydrogen-bond donors (Lipinski definition) is 1. The van der Waals surface area contributed by atoms with Crippen LogP contribution in [-0.4, -0.2) is 87.6 Å². The first-order valence-electron chi connectivity index (χ1n) is 6.60. The van der Waals surface area contributed by atoms with Crippen molar-refractivity contribution < 1.29 is 26.7 Å². The molecule has 1 rings (SSSR count). The van der Waals surface area contributed by atoms with E-state index in [1.54, 1.807) is 19.0 Å². The Labute approximate surface area is 125 Å². The Bertz CT molecular complexity index is 556. The first kappa shape index (κ1) is 18.3. The Kier molecular flexibility index (Phi) is 6.14. The third-order valence-corrected chi connectivity index (χ3v) is 7.45. The number of rotatable bonds is 7. The molecule has 0 amide bonds. The van der Waals surface area contributed by atoms with Gasteiger partial charge in [0.2, 0.25) is 10.0 Å². The van der Waals surface area contributed by atoms with Gasteiger partial charge in [0.1, 0.15) is 16.4 Å². The van der Waals surface area contributed by atoms with Crippen molar-refractivity contribution in [2.75, 3.05) is 45.2 Å². The predicted octanol–water partition coefficient (Wildman–Crippen LogP) is -1.16. The van der Waals surface area contributed by atoms with Gasteiger partial charge in [0.05, 0.1) is 16.8 Å². The number of nitrogens with zero attached hydrogens (tertiary/aromatic N) is 2. The molecule has 0 spiro atoms. The zero-order valence-electron chi connectivity index (χ0n) is 12.2. The Morgan fingerprint density at radius 2 is 1.71 bits per heavy atom. The quantitative estimate of drug-likeness (QED) is 0.621. The summed E-state index contributed by atoms with van der Waals surface area (Å²) in [5.74, 6) is -1.54. The minimum absolute atomic E-state index is 0.0305. The smallest absolute Gasteiger partial charge is 0.318 e. The zero-order valence-corrected chi connectivity index (χ0v) is 13.9. The van der Waals surface area contributed by atoms with E-state index in [2.05, 4.69) is 0 Å². The van der Waals surface area contributed by atoms with Crippen molar-refractivity contribution in [3.63, 3.8) is 0 Å². The van der Waals surface area contributed by atoms with Crippen molar-refractivity contribution in [3.8, 4) is 0 Å². The van der Waals surface area contributed by atoms with Gasteiger partial charge < -0.3 is 10.0 Å². The van der Waals surface area contributed by atoms with Gasteiger partial charge in [-0.1, -0.05) is 0 Å². The van der Waals surface area contributed by atoms with Crippen LogP contribution in [0.25, 0.3) is 0 Å². The van der Waals surface area contributed by atoms with Crippen LogP contribution in [0.1, 0.15) is 12.8 Å². The fourth-order valence-corrected chi connectivity index (χ4v) is 5.81. The van der Waals surface area contributed by atoms with Crippen molar-refractivity contribution in [1.82, 2.24) is 9.21 Å². The number of sulfone groups is 1. The number of sulfonamides is 1. The second-order valence-corrected chi connectivity index (χ2v) is 9.94. The number of hydrogen-bond acceptors (Lipinski definition) is 6. The fraction of sp³-hybridized carbons (Fsp3) is 0.909. The molecule has 8 nitrogen and oxygen atoms in total. The summed E-state index contributed by atoms with van der Waals surface area (Å²) in [6, 6.07) is 0. The molecule has 0 aromatic rings. The summed E-state index contributed by atoms with van der Waals surface area (Å²) in [4.78, 5) is 12.6. The number of likely N-dealkylation sites (N-methyl/N-ethyl adjacent to an activating group) is 1. The second kappa shape index (κ2) is 7.03. The molecule has 0 aliphatic carbocycles. The molecule has 1 saturated heterocycles. The maximum absolute atomic E-state index is 12.5. The fourth-order valence-electron chi connectivity index (χ4n) is 2.14. The molecule has 0 atom stereocenters. The first-order chi connectivity index (χ1) is 9.54. The van der Waals surface area contributed by atoms with E-state index >= 15 is 0 Å². The Morgan fingerprint density at radius 3 is 2.14 bits per heavy atom. The van der Waals surface area contributed by atoms with Gasteiger partial charge in [0.25, 0.3) is 0 Å². The maximum atomic E-state index is 12.5. The number of carboxylic acids is 1. The lowest BCUT2D eigenvalue weighted by Crippen LogP contribution is -2.46. The van der Waals surface area contributed by atoms with E-state index in [0.29, 0.717) is 6.54 Å². The van der Waals surface area contributed by atoms with E-state index in [0.717, 1.165) is 4.31 Å². The molecule has 0 aromatic carbocycles. The molecule has 1 heterocycles. The van der Waals surface area contributed by atoms with Gasteiger partial charge in [-0.05, 0) is 26.9 Å². The monoisotopic (exact) mass is 342 g/mol. The average molecular weight is 342 g/mol. The van der Waals surface area contributed by atoms with Gasteiger partial charge >= 0.3 is 5.97 Å². The highest BCUT2D eigenvalue weighted by Gasteiger charge is 2.37. The van der Waals surface area contributed by atoms with Crippen LogP contribution in [0.15, 0.2) is 0 Å². The van der Waals surface area contributed by atoms with Gasteiger partial charge in [-0.3, -0.25) is 4.79 Å². The van der Waals surface area contributed by atoms with Crippen LogP contribution >= 0.6 is 0 Å². The molecule has 124 valence electrons. The third kappa shape index (κ3) is 5.53. The summed E-state index contributed by atoms with van der Waals surface area (Å²) in [6.07, 6.45) is 0.0610. The zero-order chi connectivity index (χ0) is 16.3. The van der Waals surface area contributed by atoms with Crippen LogP contribution in [-0.2, 0) is 24.7 Å². The molecule has 1 aliphatic heterocycles. The summed E-state index contributed by atoms with van der Waals surface area (Å²) < 4.78 is 48.7. The maximum Gasteiger partial charge on any atom is 0.318 e. The van der Waals surface area contributed by atoms with Gasteiger partial charge in [-0.15, -0.1) is 0 Å². The highest BCUT2D eigenvalue weighted by molar-refractivity contribution is 7.92. The topological polar surface area (TPSA) is 112 Å². The molecular weight excluding hydrogens is 320 g/mol. The minimum Gasteiger partial charge on any atom is -0.480 e. The summed E-state index contributed by atoms with van der Waals surface area (Å²) in [6.45, 7) is -0.123. The average Bonchev–Trinajstić information content (AvgIpc) is 2.33. The summed E-state index contributed by atoms with van der Waals surface area (Å²) in [7, 11) is -3.44. The van der Waals surface area contributed by atoms with Gasteiger partial charge in [0, 0.05) is 13.1 Å². The molecule has 1 N–H and O–H groups in total. The largest absolute Gasteiger partial charge is 0.480 e. The second-order valence-electron chi connectivity index (χ2n) is 5.43. The van der Waals surface area contributed by atoms with Crippen LogP contribution in [0.4, 0.5) is 0 Å². The summed E-state index contributed by atoms with van der Waals surface area (Å²) in [5, 5.41) is 8.06. The Balaban J connectivity index is 2.85. The molecule has 0 radical (unpaired) electrons. The highest BCUT2D eigenvalue weighted by atomic mass is 32.2. The van der Waals surface area contributed by atoms with Gasteiger partial charge in [-0.2, -0.15) is 4.31 Å². The Hall–Kier alpha value is -0.710. The van der Waals surface area contributed by atoms with Crippen LogP contribution in [0, 0.1) is 0 Å². The van der Waals surface area contributed by atoms with E-state index in [1.807, 2.05) is 0 Å². The number of aliphatic carboxylic acids is 1. The SMILES string of the molecule is CN(C)CCN(CC(=O)O)S(=O)(=O)C1CCS(=O)(=O)CC1. The van der Waals surface area contributed by atoms with E-state index in [1.165, 1.54) is 0 Å². The summed E-state index contributed by atoms with van der Waals surface area (Å²) in [5.41, 5.74) is 0. The summed E-state index contributed by atoms with van der Waals surface area (Å²) >= 11 is 0. The number of carboxylic acid groups (broad SMARTS) is 1.